The lowest BCUT2D eigenvalue weighted by atomic mass is 10.2. The predicted octanol–water partition coefficient (Wildman–Crippen LogP) is 1.36. The summed E-state index contributed by atoms with van der Waals surface area (Å²) < 4.78 is 2.39. The quantitative estimate of drug-likeness (QED) is 0.868. The zero-order valence-corrected chi connectivity index (χ0v) is 9.46. The SMILES string of the molecule is O=c1c(Br)cccn1C[C@H]1CCCN1. The van der Waals surface area contributed by atoms with Crippen molar-refractivity contribution in [1.29, 1.82) is 0 Å². The molecule has 1 aliphatic rings. The molecule has 0 aliphatic carbocycles. The molecule has 2 heterocycles. The number of halogens is 1. The van der Waals surface area contributed by atoms with Crippen LogP contribution in [0.1, 0.15) is 12.8 Å². The number of hydrogen-bond acceptors (Lipinski definition) is 2. The molecule has 3 nitrogen and oxygen atoms in total. The van der Waals surface area contributed by atoms with Crippen molar-refractivity contribution in [2.75, 3.05) is 6.54 Å². The molecule has 0 aromatic carbocycles. The van der Waals surface area contributed by atoms with E-state index in [1.165, 1.54) is 12.8 Å². The van der Waals surface area contributed by atoms with Crippen LogP contribution in [0.2, 0.25) is 0 Å². The average molecular weight is 257 g/mol. The van der Waals surface area contributed by atoms with E-state index in [1.54, 1.807) is 10.6 Å². The summed E-state index contributed by atoms with van der Waals surface area (Å²) in [6.07, 6.45) is 4.22. The van der Waals surface area contributed by atoms with E-state index in [-0.39, 0.29) is 5.56 Å². The fourth-order valence-electron chi connectivity index (χ4n) is 1.80. The lowest BCUT2D eigenvalue weighted by Gasteiger charge is -2.12. The van der Waals surface area contributed by atoms with Gasteiger partial charge < -0.3 is 9.88 Å². The number of nitrogens with one attached hydrogen (secondary N) is 1. The molecule has 0 amide bonds. The molecule has 0 spiro atoms. The zero-order valence-electron chi connectivity index (χ0n) is 7.87. The highest BCUT2D eigenvalue weighted by Crippen LogP contribution is 2.07. The van der Waals surface area contributed by atoms with E-state index in [4.69, 9.17) is 0 Å². The van der Waals surface area contributed by atoms with Crippen molar-refractivity contribution in [3.63, 3.8) is 0 Å². The van der Waals surface area contributed by atoms with E-state index in [0.29, 0.717) is 10.5 Å². The molecule has 1 atom stereocenters. The highest BCUT2D eigenvalue weighted by molar-refractivity contribution is 9.10. The van der Waals surface area contributed by atoms with Crippen LogP contribution in [-0.4, -0.2) is 17.2 Å². The van der Waals surface area contributed by atoms with Crippen molar-refractivity contribution in [1.82, 2.24) is 9.88 Å². The molecular weight excluding hydrogens is 244 g/mol. The minimum Gasteiger partial charge on any atom is -0.313 e. The second kappa shape index (κ2) is 4.28. The Morgan fingerprint density at radius 3 is 3.21 bits per heavy atom. The first kappa shape index (κ1) is 9.93. The van der Waals surface area contributed by atoms with Crippen molar-refractivity contribution in [2.24, 2.45) is 0 Å². The fraction of sp³-hybridized carbons (Fsp3) is 0.500. The van der Waals surface area contributed by atoms with Gasteiger partial charge in [-0.25, -0.2) is 0 Å². The van der Waals surface area contributed by atoms with Crippen molar-refractivity contribution in [3.05, 3.63) is 33.2 Å². The molecule has 2 rings (SSSR count). The first-order chi connectivity index (χ1) is 6.77. The van der Waals surface area contributed by atoms with Crippen LogP contribution in [0, 0.1) is 0 Å². The molecule has 0 saturated carbocycles. The summed E-state index contributed by atoms with van der Waals surface area (Å²) in [5.41, 5.74) is 0.0567. The van der Waals surface area contributed by atoms with Crippen molar-refractivity contribution < 1.29 is 0 Å². The Balaban J connectivity index is 2.16. The van der Waals surface area contributed by atoms with E-state index < -0.39 is 0 Å². The monoisotopic (exact) mass is 256 g/mol. The van der Waals surface area contributed by atoms with E-state index in [9.17, 15) is 4.79 Å². The van der Waals surface area contributed by atoms with Crippen LogP contribution in [0.15, 0.2) is 27.6 Å². The number of pyridine rings is 1. The van der Waals surface area contributed by atoms with E-state index >= 15 is 0 Å². The molecule has 0 bridgehead atoms. The van der Waals surface area contributed by atoms with Crippen molar-refractivity contribution >= 4 is 15.9 Å². The van der Waals surface area contributed by atoms with Crippen LogP contribution >= 0.6 is 15.9 Å². The summed E-state index contributed by atoms with van der Waals surface area (Å²) in [7, 11) is 0. The first-order valence-corrected chi connectivity index (χ1v) is 5.65. The van der Waals surface area contributed by atoms with Gasteiger partial charge in [0.05, 0.1) is 4.47 Å². The lowest BCUT2D eigenvalue weighted by molar-refractivity contribution is 0.498. The van der Waals surface area contributed by atoms with Crippen molar-refractivity contribution in [3.8, 4) is 0 Å². The van der Waals surface area contributed by atoms with Crippen LogP contribution < -0.4 is 10.9 Å². The maximum absolute atomic E-state index is 11.6. The largest absolute Gasteiger partial charge is 0.313 e. The molecular formula is C10H13BrN2O. The Morgan fingerprint density at radius 2 is 2.50 bits per heavy atom. The van der Waals surface area contributed by atoms with E-state index in [2.05, 4.69) is 21.2 Å². The van der Waals surface area contributed by atoms with E-state index in [1.807, 2.05) is 12.3 Å². The molecule has 76 valence electrons. The van der Waals surface area contributed by atoms with E-state index in [0.717, 1.165) is 13.1 Å². The third-order valence-corrected chi connectivity index (χ3v) is 3.16. The number of hydrogen-bond donors (Lipinski definition) is 1. The van der Waals surface area contributed by atoms with Gasteiger partial charge in [0.2, 0.25) is 0 Å². The third-order valence-electron chi connectivity index (χ3n) is 2.55. The predicted molar refractivity (Wildman–Crippen MR) is 59.4 cm³/mol. The summed E-state index contributed by atoms with van der Waals surface area (Å²) in [5, 5.41) is 3.38. The minimum atomic E-state index is 0.0567. The normalized spacial score (nSPS) is 21.4. The third kappa shape index (κ3) is 2.07. The summed E-state index contributed by atoms with van der Waals surface area (Å²) in [4.78, 5) is 11.6. The van der Waals surface area contributed by atoms with Crippen LogP contribution in [0.25, 0.3) is 0 Å². The minimum absolute atomic E-state index is 0.0567. The van der Waals surface area contributed by atoms with Crippen molar-refractivity contribution in [2.45, 2.75) is 25.4 Å². The first-order valence-electron chi connectivity index (χ1n) is 4.86. The molecule has 1 fully saturated rings. The van der Waals surface area contributed by atoms with Gasteiger partial charge in [0, 0.05) is 18.8 Å². The van der Waals surface area contributed by atoms with Crippen LogP contribution in [-0.2, 0) is 6.54 Å². The van der Waals surface area contributed by atoms with Gasteiger partial charge in [0.15, 0.2) is 0 Å². The van der Waals surface area contributed by atoms with Gasteiger partial charge in [-0.2, -0.15) is 0 Å². The molecule has 1 saturated heterocycles. The lowest BCUT2D eigenvalue weighted by Crippen LogP contribution is -2.32. The molecule has 14 heavy (non-hydrogen) atoms. The Hall–Kier alpha value is -0.610. The van der Waals surface area contributed by atoms with Crippen LogP contribution in [0.4, 0.5) is 0 Å². The number of rotatable bonds is 2. The Morgan fingerprint density at radius 1 is 1.64 bits per heavy atom. The fourth-order valence-corrected chi connectivity index (χ4v) is 2.18. The van der Waals surface area contributed by atoms with Gasteiger partial charge in [0.25, 0.3) is 5.56 Å². The van der Waals surface area contributed by atoms with Crippen LogP contribution in [0.5, 0.6) is 0 Å². The molecule has 0 radical (unpaired) electrons. The number of aromatic nitrogens is 1. The Labute approximate surface area is 91.3 Å². The van der Waals surface area contributed by atoms with Gasteiger partial charge in [-0.05, 0) is 47.4 Å². The van der Waals surface area contributed by atoms with Gasteiger partial charge >= 0.3 is 0 Å². The van der Waals surface area contributed by atoms with Gasteiger partial charge in [-0.3, -0.25) is 4.79 Å². The molecule has 1 aromatic rings. The second-order valence-electron chi connectivity index (χ2n) is 3.61. The summed E-state index contributed by atoms with van der Waals surface area (Å²) in [6, 6.07) is 4.13. The zero-order chi connectivity index (χ0) is 9.97. The number of nitrogens with zero attached hydrogens (tertiary/aromatic N) is 1. The molecule has 4 heteroatoms. The summed E-state index contributed by atoms with van der Waals surface area (Å²) in [6.45, 7) is 1.85. The van der Waals surface area contributed by atoms with Gasteiger partial charge in [0.1, 0.15) is 0 Å². The topological polar surface area (TPSA) is 34.0 Å². The Kier molecular flexibility index (Phi) is 3.03. The maximum atomic E-state index is 11.6. The molecule has 1 N–H and O–H groups in total. The van der Waals surface area contributed by atoms with Gasteiger partial charge in [-0.1, -0.05) is 0 Å². The van der Waals surface area contributed by atoms with Crippen LogP contribution in [0.3, 0.4) is 0 Å². The molecule has 1 aromatic heterocycles. The Bertz CT molecular complexity index is 369. The summed E-state index contributed by atoms with van der Waals surface area (Å²) in [5.74, 6) is 0. The second-order valence-corrected chi connectivity index (χ2v) is 4.46. The maximum Gasteiger partial charge on any atom is 0.264 e. The highest BCUT2D eigenvalue weighted by Gasteiger charge is 2.14. The highest BCUT2D eigenvalue weighted by atomic mass is 79.9. The molecule has 1 aliphatic heterocycles. The smallest absolute Gasteiger partial charge is 0.264 e. The molecule has 0 unspecified atom stereocenters. The average Bonchev–Trinajstić information content (AvgIpc) is 2.66. The van der Waals surface area contributed by atoms with Gasteiger partial charge in [-0.15, -0.1) is 0 Å². The summed E-state index contributed by atoms with van der Waals surface area (Å²) >= 11 is 3.24. The standard InChI is InChI=1S/C10H13BrN2O/c11-9-4-2-6-13(10(9)14)7-8-3-1-5-12-8/h2,4,6,8,12H,1,3,5,7H2/t8-/m1/s1.